The molecule has 0 aliphatic heterocycles. The fourth-order valence-corrected chi connectivity index (χ4v) is 0. The second-order valence-electron chi connectivity index (χ2n) is 1.32. The molecule has 11 heavy (non-hydrogen) atoms. The molecule has 0 rings (SSSR count). The lowest BCUT2D eigenvalue weighted by molar-refractivity contribution is 1.38. The maximum atomic E-state index is 6.06. The van der Waals surface area contributed by atoms with E-state index in [4.69, 9.17) is 10.8 Å². The summed E-state index contributed by atoms with van der Waals surface area (Å²) in [5.74, 6) is -0.667. The van der Waals surface area contributed by atoms with Crippen LogP contribution in [0.5, 0.6) is 0 Å². The van der Waals surface area contributed by atoms with Crippen LogP contribution in [0.4, 0.5) is 0 Å². The molecular weight excluding hydrogens is 144 g/mol. The monoisotopic (exact) mass is 160 g/mol. The van der Waals surface area contributed by atoms with E-state index in [9.17, 15) is 0 Å². The molecule has 0 heterocycles. The van der Waals surface area contributed by atoms with E-state index >= 15 is 0 Å². The zero-order chi connectivity index (χ0) is 9.86. The van der Waals surface area contributed by atoms with E-state index in [1.54, 1.807) is 6.08 Å². The van der Waals surface area contributed by atoms with E-state index in [1.165, 1.54) is 0 Å². The summed E-state index contributed by atoms with van der Waals surface area (Å²) in [6.45, 7) is 5.25. The van der Waals surface area contributed by atoms with Crippen LogP contribution >= 0.6 is 0 Å². The van der Waals surface area contributed by atoms with Crippen molar-refractivity contribution in [1.29, 1.82) is 10.8 Å². The summed E-state index contributed by atoms with van der Waals surface area (Å²) in [5.41, 5.74) is 17.9. The summed E-state index contributed by atoms with van der Waals surface area (Å²) in [5, 5.41) is 12.1. The number of guanidine groups is 2. The van der Waals surface area contributed by atoms with E-state index in [-0.39, 0.29) is 11.9 Å². The number of nitrogens with two attached hydrogens (primary N) is 4. The Balaban J connectivity index is -0.0000000886. The third-order valence-corrected chi connectivity index (χ3v) is 0. The van der Waals surface area contributed by atoms with Gasteiger partial charge in [-0.1, -0.05) is 6.08 Å². The van der Waals surface area contributed by atoms with Crippen LogP contribution in [0.25, 0.3) is 0 Å². The molecule has 0 aromatic rings. The topological polar surface area (TPSA) is 152 Å². The van der Waals surface area contributed by atoms with Crippen LogP contribution in [0.1, 0.15) is 6.92 Å². The molecule has 0 unspecified atom stereocenters. The van der Waals surface area contributed by atoms with Crippen LogP contribution in [-0.2, 0) is 0 Å². The SMILES string of the molecule is C=CC.N=C(N)N.N=C(N)N. The molecule has 0 spiro atoms. The summed E-state index contributed by atoms with van der Waals surface area (Å²) in [7, 11) is 0. The van der Waals surface area contributed by atoms with E-state index in [0.29, 0.717) is 0 Å². The van der Waals surface area contributed by atoms with Gasteiger partial charge in [0.2, 0.25) is 0 Å². The molecule has 0 aliphatic carbocycles. The Morgan fingerprint density at radius 1 is 1.09 bits per heavy atom. The fourth-order valence-electron chi connectivity index (χ4n) is 0. The first-order chi connectivity index (χ1) is 4.88. The minimum atomic E-state index is -0.333. The number of hydrogen-bond donors (Lipinski definition) is 6. The first-order valence-corrected chi connectivity index (χ1v) is 2.64. The van der Waals surface area contributed by atoms with Gasteiger partial charge in [-0.15, -0.1) is 6.58 Å². The van der Waals surface area contributed by atoms with E-state index < -0.39 is 0 Å². The van der Waals surface area contributed by atoms with Gasteiger partial charge < -0.3 is 22.9 Å². The summed E-state index contributed by atoms with van der Waals surface area (Å²) in [4.78, 5) is 0. The standard InChI is InChI=1S/C3H6.2CH5N3/c1-3-2;2*2-1(3)4/h3H,1H2,2H3;2*(H5,2,3,4). The van der Waals surface area contributed by atoms with Gasteiger partial charge >= 0.3 is 0 Å². The lowest BCUT2D eigenvalue weighted by atomic mass is 10.8. The van der Waals surface area contributed by atoms with Gasteiger partial charge in [0, 0.05) is 0 Å². The molecule has 0 atom stereocenters. The van der Waals surface area contributed by atoms with Crippen molar-refractivity contribution in [3.63, 3.8) is 0 Å². The van der Waals surface area contributed by atoms with Gasteiger partial charge in [0.25, 0.3) is 0 Å². The number of rotatable bonds is 0. The number of nitrogens with one attached hydrogen (secondary N) is 2. The normalized spacial score (nSPS) is 5.55. The van der Waals surface area contributed by atoms with Gasteiger partial charge in [-0.2, -0.15) is 0 Å². The van der Waals surface area contributed by atoms with Crippen LogP contribution in [0, 0.1) is 10.8 Å². The Kier molecular flexibility index (Phi) is 23.1. The molecule has 0 amide bonds. The minimum Gasteiger partial charge on any atom is -0.370 e. The van der Waals surface area contributed by atoms with Crippen molar-refractivity contribution in [2.24, 2.45) is 22.9 Å². The first-order valence-electron chi connectivity index (χ1n) is 2.64. The number of allylic oxidation sites excluding steroid dienone is 1. The molecule has 0 aromatic carbocycles. The molecule has 0 bridgehead atoms. The highest BCUT2D eigenvalue weighted by Crippen LogP contribution is 1.38. The molecule has 0 saturated carbocycles. The molecule has 0 aliphatic rings. The second kappa shape index (κ2) is 15.7. The van der Waals surface area contributed by atoms with E-state index in [1.807, 2.05) is 6.92 Å². The molecule has 0 aromatic heterocycles. The van der Waals surface area contributed by atoms with Gasteiger partial charge in [-0.05, 0) is 6.92 Å². The van der Waals surface area contributed by atoms with E-state index in [0.717, 1.165) is 0 Å². The Labute approximate surface area is 66.3 Å². The molecule has 0 saturated heterocycles. The highest BCUT2D eigenvalue weighted by atomic mass is 14.9. The average Bonchev–Trinajstić information content (AvgIpc) is 1.60. The highest BCUT2D eigenvalue weighted by molar-refractivity contribution is 5.72. The zero-order valence-electron chi connectivity index (χ0n) is 6.59. The predicted molar refractivity (Wildman–Crippen MR) is 48.1 cm³/mol. The van der Waals surface area contributed by atoms with Crippen molar-refractivity contribution in [2.45, 2.75) is 6.92 Å². The second-order valence-corrected chi connectivity index (χ2v) is 1.32. The van der Waals surface area contributed by atoms with Crippen molar-refractivity contribution >= 4 is 11.9 Å². The van der Waals surface area contributed by atoms with Crippen LogP contribution in [0.15, 0.2) is 12.7 Å². The summed E-state index contributed by atoms with van der Waals surface area (Å²) in [6.07, 6.45) is 1.75. The molecule has 0 radical (unpaired) electrons. The maximum absolute atomic E-state index is 6.06. The van der Waals surface area contributed by atoms with Crippen LogP contribution in [0.2, 0.25) is 0 Å². The van der Waals surface area contributed by atoms with Crippen molar-refractivity contribution in [1.82, 2.24) is 0 Å². The lowest BCUT2D eigenvalue weighted by Gasteiger charge is -1.69. The van der Waals surface area contributed by atoms with Crippen molar-refractivity contribution in [3.8, 4) is 0 Å². The predicted octanol–water partition coefficient (Wildman–Crippen LogP) is -1.13. The first kappa shape index (κ1) is 16.1. The quantitative estimate of drug-likeness (QED) is 0.151. The molecular formula is C5H16N6. The van der Waals surface area contributed by atoms with Gasteiger partial charge in [-0.3, -0.25) is 10.8 Å². The van der Waals surface area contributed by atoms with Crippen molar-refractivity contribution in [2.75, 3.05) is 0 Å². The fraction of sp³-hybridized carbons (Fsp3) is 0.200. The largest absolute Gasteiger partial charge is 0.370 e. The Morgan fingerprint density at radius 2 is 1.09 bits per heavy atom. The highest BCUT2D eigenvalue weighted by Gasteiger charge is 1.52. The summed E-state index contributed by atoms with van der Waals surface area (Å²) < 4.78 is 0. The Morgan fingerprint density at radius 3 is 1.09 bits per heavy atom. The van der Waals surface area contributed by atoms with Gasteiger partial charge in [0.15, 0.2) is 11.9 Å². The van der Waals surface area contributed by atoms with Gasteiger partial charge in [-0.25, -0.2) is 0 Å². The lowest BCUT2D eigenvalue weighted by Crippen LogP contribution is -2.20. The zero-order valence-corrected chi connectivity index (χ0v) is 6.59. The van der Waals surface area contributed by atoms with Gasteiger partial charge in [0.05, 0.1) is 0 Å². The summed E-state index contributed by atoms with van der Waals surface area (Å²) in [6, 6.07) is 0. The Bertz CT molecular complexity index is 98.1. The smallest absolute Gasteiger partial charge is 0.183 e. The molecule has 6 heteroatoms. The Hall–Kier alpha value is -1.72. The third-order valence-electron chi connectivity index (χ3n) is 0. The third kappa shape index (κ3) is 110. The average molecular weight is 160 g/mol. The summed E-state index contributed by atoms with van der Waals surface area (Å²) >= 11 is 0. The van der Waals surface area contributed by atoms with Crippen LogP contribution in [-0.4, -0.2) is 11.9 Å². The van der Waals surface area contributed by atoms with Gasteiger partial charge in [0.1, 0.15) is 0 Å². The number of hydrogen-bond acceptors (Lipinski definition) is 2. The van der Waals surface area contributed by atoms with Crippen molar-refractivity contribution < 1.29 is 0 Å². The van der Waals surface area contributed by atoms with Crippen LogP contribution in [0.3, 0.4) is 0 Å². The van der Waals surface area contributed by atoms with Crippen molar-refractivity contribution in [3.05, 3.63) is 12.7 Å². The molecule has 66 valence electrons. The molecule has 0 fully saturated rings. The van der Waals surface area contributed by atoms with Crippen LogP contribution < -0.4 is 22.9 Å². The molecule has 10 N–H and O–H groups in total. The minimum absolute atomic E-state index is 0.333. The maximum Gasteiger partial charge on any atom is 0.183 e. The van der Waals surface area contributed by atoms with E-state index in [2.05, 4.69) is 29.5 Å². The molecule has 6 nitrogen and oxygen atoms in total.